The molecule has 0 fully saturated rings. The lowest BCUT2D eigenvalue weighted by Crippen LogP contribution is -1.99. The number of hydrogen-bond donors (Lipinski definition) is 1. The van der Waals surface area contributed by atoms with E-state index in [1.807, 2.05) is 36.6 Å². The van der Waals surface area contributed by atoms with Gasteiger partial charge in [0.1, 0.15) is 5.69 Å². The molecular weight excluding hydrogens is 324 g/mol. The number of fused-ring (bicyclic) bond motifs is 1. The molecule has 1 aliphatic heterocycles. The van der Waals surface area contributed by atoms with Gasteiger partial charge in [-0.25, -0.2) is 15.0 Å². The largest absolute Gasteiger partial charge is 0.490 e. The van der Waals surface area contributed by atoms with E-state index in [0.717, 1.165) is 40.0 Å². The second kappa shape index (κ2) is 6.45. The van der Waals surface area contributed by atoms with Crippen molar-refractivity contribution >= 4 is 23.0 Å². The van der Waals surface area contributed by atoms with Gasteiger partial charge in [0.25, 0.3) is 0 Å². The van der Waals surface area contributed by atoms with Crippen LogP contribution in [0.5, 0.6) is 11.5 Å². The van der Waals surface area contributed by atoms with Crippen LogP contribution in [0.25, 0.3) is 11.4 Å². The van der Waals surface area contributed by atoms with Gasteiger partial charge in [-0.15, -0.1) is 11.3 Å². The molecule has 0 aliphatic carbocycles. The summed E-state index contributed by atoms with van der Waals surface area (Å²) in [5.41, 5.74) is 2.51. The predicted molar refractivity (Wildman–Crippen MR) is 93.2 cm³/mol. The third kappa shape index (κ3) is 3.16. The van der Waals surface area contributed by atoms with E-state index in [1.165, 1.54) is 0 Å². The van der Waals surface area contributed by atoms with Crippen molar-refractivity contribution in [3.05, 3.63) is 40.8 Å². The van der Waals surface area contributed by atoms with Crippen LogP contribution >= 0.6 is 11.3 Å². The van der Waals surface area contributed by atoms with Crippen LogP contribution in [-0.2, 0) is 0 Å². The Hall–Kier alpha value is -2.67. The Balaban J connectivity index is 1.58. The van der Waals surface area contributed by atoms with Gasteiger partial charge >= 0.3 is 0 Å². The highest BCUT2D eigenvalue weighted by Crippen LogP contribution is 2.33. The van der Waals surface area contributed by atoms with Gasteiger partial charge in [-0.1, -0.05) is 0 Å². The molecule has 0 atom stereocenters. The van der Waals surface area contributed by atoms with Crippen LogP contribution in [0.1, 0.15) is 11.4 Å². The van der Waals surface area contributed by atoms with Gasteiger partial charge in [0, 0.05) is 29.8 Å². The van der Waals surface area contributed by atoms with Crippen molar-refractivity contribution in [2.24, 2.45) is 0 Å². The Morgan fingerprint density at radius 1 is 1.04 bits per heavy atom. The molecule has 3 aromatic rings. The van der Waals surface area contributed by atoms with Crippen molar-refractivity contribution in [2.75, 3.05) is 18.5 Å². The molecule has 1 N–H and O–H groups in total. The Kier molecular flexibility index (Phi) is 4.00. The minimum Gasteiger partial charge on any atom is -0.490 e. The van der Waals surface area contributed by atoms with Crippen LogP contribution in [0.4, 0.5) is 11.6 Å². The van der Waals surface area contributed by atoms with Crippen LogP contribution in [-0.4, -0.2) is 28.2 Å². The van der Waals surface area contributed by atoms with E-state index in [4.69, 9.17) is 9.47 Å². The van der Waals surface area contributed by atoms with Gasteiger partial charge in [-0.3, -0.25) is 0 Å². The number of rotatable bonds is 3. The maximum Gasteiger partial charge on any atom is 0.227 e. The Bertz CT molecular complexity index is 865. The fraction of sp³-hybridized carbons (Fsp3) is 0.235. The first-order chi connectivity index (χ1) is 11.8. The monoisotopic (exact) mass is 340 g/mol. The zero-order valence-electron chi connectivity index (χ0n) is 13.2. The first kappa shape index (κ1) is 14.9. The van der Waals surface area contributed by atoms with Crippen LogP contribution < -0.4 is 14.8 Å². The fourth-order valence-electron chi connectivity index (χ4n) is 2.41. The number of aryl methyl sites for hydroxylation is 1. The molecule has 0 radical (unpaired) electrons. The van der Waals surface area contributed by atoms with Crippen molar-refractivity contribution in [2.45, 2.75) is 13.3 Å². The number of anilines is 2. The third-order valence-electron chi connectivity index (χ3n) is 3.54. The summed E-state index contributed by atoms with van der Waals surface area (Å²) >= 11 is 1.60. The third-order valence-corrected chi connectivity index (χ3v) is 4.31. The van der Waals surface area contributed by atoms with E-state index in [0.29, 0.717) is 19.2 Å². The standard InChI is InChI=1S/C17H16N4O2S/c1-11-19-14(10-24-11)13-5-6-18-17(21-13)20-12-3-4-15-16(9-12)23-8-2-7-22-15/h3-6,9-10H,2,7-8H2,1H3,(H,18,20,21). The Morgan fingerprint density at radius 2 is 1.92 bits per heavy atom. The molecule has 0 amide bonds. The molecule has 0 saturated carbocycles. The fourth-order valence-corrected chi connectivity index (χ4v) is 3.02. The molecule has 4 rings (SSSR count). The minimum atomic E-state index is 0.521. The number of hydrogen-bond acceptors (Lipinski definition) is 7. The highest BCUT2D eigenvalue weighted by Gasteiger charge is 2.11. The van der Waals surface area contributed by atoms with Gasteiger partial charge in [0.15, 0.2) is 11.5 Å². The molecule has 7 heteroatoms. The molecule has 3 heterocycles. The molecule has 0 unspecified atom stereocenters. The number of thiazole rings is 1. The summed E-state index contributed by atoms with van der Waals surface area (Å²) in [7, 11) is 0. The molecule has 1 aromatic carbocycles. The topological polar surface area (TPSA) is 69.2 Å². The van der Waals surface area contributed by atoms with E-state index < -0.39 is 0 Å². The van der Waals surface area contributed by atoms with E-state index in [2.05, 4.69) is 20.3 Å². The van der Waals surface area contributed by atoms with Crippen molar-refractivity contribution in [3.8, 4) is 22.9 Å². The molecule has 0 bridgehead atoms. The number of ether oxygens (including phenoxy) is 2. The van der Waals surface area contributed by atoms with Crippen molar-refractivity contribution < 1.29 is 9.47 Å². The summed E-state index contributed by atoms with van der Waals surface area (Å²) in [6, 6.07) is 7.59. The van der Waals surface area contributed by atoms with Gasteiger partial charge in [0.05, 0.1) is 23.9 Å². The molecule has 122 valence electrons. The molecule has 2 aromatic heterocycles. The quantitative estimate of drug-likeness (QED) is 0.782. The normalized spacial score (nSPS) is 13.4. The maximum absolute atomic E-state index is 5.71. The van der Waals surface area contributed by atoms with Gasteiger partial charge in [-0.2, -0.15) is 0 Å². The van der Waals surface area contributed by atoms with Crippen LogP contribution in [0, 0.1) is 6.92 Å². The summed E-state index contributed by atoms with van der Waals surface area (Å²) in [6.07, 6.45) is 2.61. The van der Waals surface area contributed by atoms with Crippen LogP contribution in [0.15, 0.2) is 35.8 Å². The summed E-state index contributed by atoms with van der Waals surface area (Å²) in [6.45, 7) is 3.32. The molecular formula is C17H16N4O2S. The zero-order valence-corrected chi connectivity index (χ0v) is 14.0. The first-order valence-electron chi connectivity index (χ1n) is 7.70. The number of aromatic nitrogens is 3. The van der Waals surface area contributed by atoms with Crippen LogP contribution in [0.2, 0.25) is 0 Å². The van der Waals surface area contributed by atoms with Crippen molar-refractivity contribution in [3.63, 3.8) is 0 Å². The lowest BCUT2D eigenvalue weighted by atomic mass is 10.2. The average Bonchev–Trinajstić information content (AvgIpc) is 2.89. The highest BCUT2D eigenvalue weighted by atomic mass is 32.1. The molecule has 0 spiro atoms. The second-order valence-corrected chi connectivity index (χ2v) is 6.42. The Morgan fingerprint density at radius 3 is 2.75 bits per heavy atom. The molecule has 0 saturated heterocycles. The van der Waals surface area contributed by atoms with Crippen LogP contribution in [0.3, 0.4) is 0 Å². The predicted octanol–water partition coefficient (Wildman–Crippen LogP) is 3.81. The van der Waals surface area contributed by atoms with E-state index in [-0.39, 0.29) is 0 Å². The van der Waals surface area contributed by atoms with Gasteiger partial charge < -0.3 is 14.8 Å². The summed E-state index contributed by atoms with van der Waals surface area (Å²) in [5, 5.41) is 6.22. The maximum atomic E-state index is 5.71. The number of nitrogens with zero attached hydrogens (tertiary/aromatic N) is 3. The lowest BCUT2D eigenvalue weighted by Gasteiger charge is -2.10. The van der Waals surface area contributed by atoms with Gasteiger partial charge in [-0.05, 0) is 25.1 Å². The van der Waals surface area contributed by atoms with E-state index >= 15 is 0 Å². The SMILES string of the molecule is Cc1nc(-c2ccnc(Nc3ccc4c(c3)OCCCO4)n2)cs1. The van der Waals surface area contributed by atoms with E-state index in [1.54, 1.807) is 17.5 Å². The van der Waals surface area contributed by atoms with Crippen molar-refractivity contribution in [1.82, 2.24) is 15.0 Å². The highest BCUT2D eigenvalue weighted by molar-refractivity contribution is 7.09. The number of benzene rings is 1. The summed E-state index contributed by atoms with van der Waals surface area (Å²) < 4.78 is 11.3. The first-order valence-corrected chi connectivity index (χ1v) is 8.58. The smallest absolute Gasteiger partial charge is 0.227 e. The minimum absolute atomic E-state index is 0.521. The molecule has 24 heavy (non-hydrogen) atoms. The molecule has 1 aliphatic rings. The lowest BCUT2D eigenvalue weighted by molar-refractivity contribution is 0.297. The van der Waals surface area contributed by atoms with E-state index in [9.17, 15) is 0 Å². The van der Waals surface area contributed by atoms with Crippen molar-refractivity contribution in [1.29, 1.82) is 0 Å². The number of nitrogens with one attached hydrogen (secondary N) is 1. The zero-order chi connectivity index (χ0) is 16.4. The average molecular weight is 340 g/mol. The Labute approximate surface area is 143 Å². The second-order valence-electron chi connectivity index (χ2n) is 5.35. The summed E-state index contributed by atoms with van der Waals surface area (Å²) in [4.78, 5) is 13.3. The van der Waals surface area contributed by atoms with Gasteiger partial charge in [0.2, 0.25) is 5.95 Å². The molecule has 6 nitrogen and oxygen atoms in total. The summed E-state index contributed by atoms with van der Waals surface area (Å²) in [5.74, 6) is 2.03.